The van der Waals surface area contributed by atoms with Crippen LogP contribution in [-0.4, -0.2) is 35.7 Å². The summed E-state index contributed by atoms with van der Waals surface area (Å²) in [7, 11) is 0. The number of aryl methyl sites for hydroxylation is 2. The lowest BCUT2D eigenvalue weighted by atomic mass is 9.99. The fourth-order valence-corrected chi connectivity index (χ4v) is 4.68. The third kappa shape index (κ3) is 6.58. The fourth-order valence-electron chi connectivity index (χ4n) is 4.68. The molecule has 2 heterocycles. The first-order chi connectivity index (χ1) is 18.1. The van der Waals surface area contributed by atoms with E-state index < -0.39 is 0 Å². The van der Waals surface area contributed by atoms with Crippen molar-refractivity contribution in [1.29, 1.82) is 0 Å². The predicted molar refractivity (Wildman–Crippen MR) is 143 cm³/mol. The molecule has 190 valence electrons. The lowest BCUT2D eigenvalue weighted by Crippen LogP contribution is -2.31. The molecule has 1 atom stereocenters. The smallest absolute Gasteiger partial charge is 0.415 e. The molecule has 1 aliphatic heterocycles. The molecule has 1 amide bonds. The zero-order valence-corrected chi connectivity index (χ0v) is 21.1. The Morgan fingerprint density at radius 3 is 2.54 bits per heavy atom. The van der Waals surface area contributed by atoms with Crippen LogP contribution in [0, 0.1) is 12.8 Å². The van der Waals surface area contributed by atoms with Gasteiger partial charge in [0.1, 0.15) is 17.3 Å². The number of amides is 1. The molecule has 3 aromatic carbocycles. The highest BCUT2D eigenvalue weighted by atomic mass is 16.6. The number of oxazole rings is 1. The zero-order valence-electron chi connectivity index (χ0n) is 21.1. The number of hydrogen-bond donors (Lipinski definition) is 0. The summed E-state index contributed by atoms with van der Waals surface area (Å²) in [5.41, 5.74) is 3.14. The van der Waals surface area contributed by atoms with Gasteiger partial charge in [0.05, 0.1) is 12.3 Å². The van der Waals surface area contributed by atoms with Crippen LogP contribution in [0.5, 0.6) is 11.5 Å². The van der Waals surface area contributed by atoms with Crippen molar-refractivity contribution in [3.8, 4) is 23.0 Å². The molecule has 0 N–H and O–H groups in total. The summed E-state index contributed by atoms with van der Waals surface area (Å²) in [5, 5.41) is 0. The first-order valence-electron chi connectivity index (χ1n) is 12.9. The van der Waals surface area contributed by atoms with Gasteiger partial charge >= 0.3 is 6.09 Å². The number of carbonyl (C=O) groups excluding carboxylic acids is 1. The first kappa shape index (κ1) is 24.6. The monoisotopic (exact) mass is 496 g/mol. The Morgan fingerprint density at radius 1 is 0.973 bits per heavy atom. The van der Waals surface area contributed by atoms with Crippen LogP contribution in [0.2, 0.25) is 0 Å². The number of carbonyl (C=O) groups is 1. The average molecular weight is 497 g/mol. The van der Waals surface area contributed by atoms with Crippen LogP contribution in [0.15, 0.2) is 89.3 Å². The van der Waals surface area contributed by atoms with Crippen molar-refractivity contribution in [1.82, 2.24) is 9.88 Å². The average Bonchev–Trinajstić information content (AvgIpc) is 3.56. The number of rotatable bonds is 9. The highest BCUT2D eigenvalue weighted by Gasteiger charge is 2.27. The third-order valence-corrected chi connectivity index (χ3v) is 6.75. The standard InChI is InChI=1S/C31H32N2O4/c1-23-29(32-30(36-23)26-10-4-2-5-11-26)18-20-35-28-14-8-9-24(21-28)15-16-25-17-19-33(22-25)31(34)37-27-12-6-3-7-13-27/h2-14,21,25H,15-20,22H2,1H3/t25-/m1/s1. The molecule has 1 aromatic heterocycles. The summed E-state index contributed by atoms with van der Waals surface area (Å²) in [5.74, 6) is 3.40. The van der Waals surface area contributed by atoms with E-state index in [1.165, 1.54) is 5.56 Å². The second-order valence-corrected chi connectivity index (χ2v) is 9.45. The van der Waals surface area contributed by atoms with Gasteiger partial charge in [-0.3, -0.25) is 0 Å². The SMILES string of the molecule is Cc1oc(-c2ccccc2)nc1CCOc1cccc(CC[C@@H]2CCN(C(=O)Oc3ccccc3)C2)c1. The third-order valence-electron chi connectivity index (χ3n) is 6.75. The first-order valence-corrected chi connectivity index (χ1v) is 12.9. The van der Waals surface area contributed by atoms with E-state index in [4.69, 9.17) is 13.9 Å². The maximum Gasteiger partial charge on any atom is 0.415 e. The van der Waals surface area contributed by atoms with Crippen molar-refractivity contribution in [3.63, 3.8) is 0 Å². The van der Waals surface area contributed by atoms with Crippen molar-refractivity contribution in [2.24, 2.45) is 5.92 Å². The molecule has 1 aliphatic rings. The van der Waals surface area contributed by atoms with E-state index in [9.17, 15) is 4.79 Å². The molecule has 6 nitrogen and oxygen atoms in total. The summed E-state index contributed by atoms with van der Waals surface area (Å²) in [6.45, 7) is 3.96. The van der Waals surface area contributed by atoms with E-state index in [-0.39, 0.29) is 6.09 Å². The minimum atomic E-state index is -0.262. The van der Waals surface area contributed by atoms with Crippen LogP contribution >= 0.6 is 0 Å². The second kappa shape index (κ2) is 11.8. The Balaban J connectivity index is 1.07. The number of aromatic nitrogens is 1. The van der Waals surface area contributed by atoms with Gasteiger partial charge in [-0.15, -0.1) is 0 Å². The van der Waals surface area contributed by atoms with Crippen LogP contribution in [0.1, 0.15) is 29.9 Å². The van der Waals surface area contributed by atoms with Gasteiger partial charge in [-0.1, -0.05) is 48.5 Å². The quantitative estimate of drug-likeness (QED) is 0.257. The maximum atomic E-state index is 12.5. The van der Waals surface area contributed by atoms with E-state index in [1.54, 1.807) is 12.1 Å². The lowest BCUT2D eigenvalue weighted by Gasteiger charge is -2.16. The summed E-state index contributed by atoms with van der Waals surface area (Å²) in [6, 6.07) is 27.4. The number of nitrogens with zero attached hydrogens (tertiary/aromatic N) is 2. The van der Waals surface area contributed by atoms with Crippen LogP contribution in [0.4, 0.5) is 4.79 Å². The maximum absolute atomic E-state index is 12.5. The van der Waals surface area contributed by atoms with Crippen molar-refractivity contribution < 1.29 is 18.7 Å². The van der Waals surface area contributed by atoms with E-state index in [0.29, 0.717) is 30.6 Å². The second-order valence-electron chi connectivity index (χ2n) is 9.45. The van der Waals surface area contributed by atoms with Gasteiger partial charge in [0.15, 0.2) is 0 Å². The molecule has 0 spiro atoms. The zero-order chi connectivity index (χ0) is 25.5. The van der Waals surface area contributed by atoms with Crippen molar-refractivity contribution in [2.45, 2.75) is 32.6 Å². The van der Waals surface area contributed by atoms with Gasteiger partial charge in [-0.2, -0.15) is 0 Å². The summed E-state index contributed by atoms with van der Waals surface area (Å²) < 4.78 is 17.4. The van der Waals surface area contributed by atoms with Gasteiger partial charge in [0.25, 0.3) is 0 Å². The van der Waals surface area contributed by atoms with Crippen LogP contribution in [0.3, 0.4) is 0 Å². The van der Waals surface area contributed by atoms with Gasteiger partial charge in [-0.05, 0) is 74.1 Å². The molecular weight excluding hydrogens is 464 g/mol. The van der Waals surface area contributed by atoms with Gasteiger partial charge in [0, 0.05) is 25.1 Å². The van der Waals surface area contributed by atoms with E-state index in [0.717, 1.165) is 55.1 Å². The lowest BCUT2D eigenvalue weighted by molar-refractivity contribution is 0.161. The van der Waals surface area contributed by atoms with E-state index in [1.807, 2.05) is 72.5 Å². The Bertz CT molecular complexity index is 1300. The minimum Gasteiger partial charge on any atom is -0.493 e. The van der Waals surface area contributed by atoms with Gasteiger partial charge in [-0.25, -0.2) is 9.78 Å². The molecule has 4 aromatic rings. The number of benzene rings is 3. The molecule has 1 fully saturated rings. The normalized spacial score (nSPS) is 15.1. The molecule has 0 saturated carbocycles. The van der Waals surface area contributed by atoms with Crippen molar-refractivity contribution >= 4 is 6.09 Å². The molecule has 37 heavy (non-hydrogen) atoms. The molecule has 0 bridgehead atoms. The Labute approximate surface area is 217 Å². The van der Waals surface area contributed by atoms with Crippen molar-refractivity contribution in [2.75, 3.05) is 19.7 Å². The summed E-state index contributed by atoms with van der Waals surface area (Å²) in [6.07, 6.45) is 3.40. The summed E-state index contributed by atoms with van der Waals surface area (Å²) >= 11 is 0. The molecule has 0 aliphatic carbocycles. The Kier molecular flexibility index (Phi) is 7.84. The summed E-state index contributed by atoms with van der Waals surface area (Å²) in [4.78, 5) is 18.9. The van der Waals surface area contributed by atoms with Crippen LogP contribution in [-0.2, 0) is 12.8 Å². The van der Waals surface area contributed by atoms with Crippen molar-refractivity contribution in [3.05, 3.63) is 102 Å². The molecule has 0 radical (unpaired) electrons. The van der Waals surface area contributed by atoms with Crippen LogP contribution < -0.4 is 9.47 Å². The minimum absolute atomic E-state index is 0.262. The van der Waals surface area contributed by atoms with Gasteiger partial charge < -0.3 is 18.8 Å². The highest BCUT2D eigenvalue weighted by Crippen LogP contribution is 2.25. The van der Waals surface area contributed by atoms with E-state index in [2.05, 4.69) is 17.1 Å². The Hall–Kier alpha value is -4.06. The number of likely N-dealkylation sites (tertiary alicyclic amines) is 1. The van der Waals surface area contributed by atoms with E-state index >= 15 is 0 Å². The number of ether oxygens (including phenoxy) is 2. The molecular formula is C31H32N2O4. The predicted octanol–water partition coefficient (Wildman–Crippen LogP) is 6.73. The Morgan fingerprint density at radius 2 is 1.73 bits per heavy atom. The molecule has 6 heteroatoms. The topological polar surface area (TPSA) is 64.8 Å². The number of para-hydroxylation sites is 1. The molecule has 5 rings (SSSR count). The van der Waals surface area contributed by atoms with Crippen LogP contribution in [0.25, 0.3) is 11.5 Å². The fraction of sp³-hybridized carbons (Fsp3) is 0.290. The largest absolute Gasteiger partial charge is 0.493 e. The molecule has 0 unspecified atom stereocenters. The van der Waals surface area contributed by atoms with Gasteiger partial charge in [0.2, 0.25) is 5.89 Å². The molecule has 1 saturated heterocycles. The number of hydrogen-bond acceptors (Lipinski definition) is 5. The highest BCUT2D eigenvalue weighted by molar-refractivity contribution is 5.71.